The van der Waals surface area contributed by atoms with Crippen molar-refractivity contribution in [3.63, 3.8) is 0 Å². The van der Waals surface area contributed by atoms with Crippen molar-refractivity contribution in [3.05, 3.63) is 23.4 Å². The van der Waals surface area contributed by atoms with E-state index in [9.17, 15) is 13.2 Å². The molecule has 0 bridgehead atoms. The van der Waals surface area contributed by atoms with Gasteiger partial charge in [-0.1, -0.05) is 0 Å². The van der Waals surface area contributed by atoms with Crippen LogP contribution in [0.15, 0.2) is 16.3 Å². The van der Waals surface area contributed by atoms with Gasteiger partial charge in [0.2, 0.25) is 0 Å². The van der Waals surface area contributed by atoms with Crippen LogP contribution in [0.2, 0.25) is 0 Å². The highest BCUT2D eigenvalue weighted by molar-refractivity contribution is 7.91. The number of aromatic nitrogens is 2. The molecular formula is C17H23N3O4S2. The Morgan fingerprint density at radius 2 is 2.04 bits per heavy atom. The molecule has 3 heterocycles. The molecule has 1 N–H and O–H groups in total. The van der Waals surface area contributed by atoms with Crippen molar-refractivity contribution in [2.75, 3.05) is 19.7 Å². The van der Waals surface area contributed by atoms with Gasteiger partial charge in [0.05, 0.1) is 17.4 Å². The zero-order valence-electron chi connectivity index (χ0n) is 15.1. The molecule has 0 amide bonds. The molecule has 0 unspecified atom stereocenters. The van der Waals surface area contributed by atoms with Crippen molar-refractivity contribution in [2.45, 2.75) is 37.8 Å². The van der Waals surface area contributed by atoms with Gasteiger partial charge >= 0.3 is 5.97 Å². The molecule has 2 aromatic rings. The average molecular weight is 398 g/mol. The summed E-state index contributed by atoms with van der Waals surface area (Å²) in [6.45, 7) is 6.68. The second-order valence-corrected chi connectivity index (χ2v) is 9.62. The number of nitrogens with one attached hydrogen (secondary N) is 1. The Bertz CT molecular complexity index is 893. The SMILES string of the molecule is CCOC(=O)C1CCN(S(=O)(=O)c2ccc(-c3n[nH]c(C)c3C)s2)CC1. The number of H-pyrrole nitrogens is 1. The van der Waals surface area contributed by atoms with Crippen LogP contribution in [-0.4, -0.2) is 48.6 Å². The molecule has 1 aliphatic rings. The standard InChI is InChI=1S/C17H23N3O4S2/c1-4-24-17(21)13-7-9-20(10-8-13)26(22,23)15-6-5-14(25-15)16-11(2)12(3)18-19-16/h5-6,13H,4,7-10H2,1-3H3,(H,18,19). The summed E-state index contributed by atoms with van der Waals surface area (Å²) >= 11 is 1.23. The van der Waals surface area contributed by atoms with E-state index in [0.29, 0.717) is 36.7 Å². The van der Waals surface area contributed by atoms with Crippen LogP contribution in [0.1, 0.15) is 31.0 Å². The minimum Gasteiger partial charge on any atom is -0.466 e. The smallest absolute Gasteiger partial charge is 0.309 e. The predicted octanol–water partition coefficient (Wildman–Crippen LogP) is 2.72. The monoisotopic (exact) mass is 397 g/mol. The van der Waals surface area contributed by atoms with Crippen LogP contribution in [0.4, 0.5) is 0 Å². The van der Waals surface area contributed by atoms with Gasteiger partial charge < -0.3 is 4.74 Å². The fourth-order valence-corrected chi connectivity index (χ4v) is 6.01. The lowest BCUT2D eigenvalue weighted by molar-refractivity contribution is -0.149. The van der Waals surface area contributed by atoms with E-state index in [4.69, 9.17) is 4.74 Å². The topological polar surface area (TPSA) is 92.4 Å². The Hall–Kier alpha value is -1.71. The van der Waals surface area contributed by atoms with Crippen molar-refractivity contribution in [1.29, 1.82) is 0 Å². The van der Waals surface area contributed by atoms with Crippen LogP contribution in [0.3, 0.4) is 0 Å². The van der Waals surface area contributed by atoms with Gasteiger partial charge in [-0.25, -0.2) is 8.42 Å². The third kappa shape index (κ3) is 3.56. The summed E-state index contributed by atoms with van der Waals surface area (Å²) in [6, 6.07) is 3.43. The largest absolute Gasteiger partial charge is 0.466 e. The highest BCUT2D eigenvalue weighted by Gasteiger charge is 2.33. The summed E-state index contributed by atoms with van der Waals surface area (Å²) < 4.78 is 32.6. The summed E-state index contributed by atoms with van der Waals surface area (Å²) in [7, 11) is -3.55. The van der Waals surface area contributed by atoms with Crippen molar-refractivity contribution < 1.29 is 17.9 Å². The average Bonchev–Trinajstić information content (AvgIpc) is 3.23. The van der Waals surface area contributed by atoms with Crippen molar-refractivity contribution in [3.8, 4) is 10.6 Å². The van der Waals surface area contributed by atoms with Crippen molar-refractivity contribution >= 4 is 27.3 Å². The van der Waals surface area contributed by atoms with Gasteiger partial charge in [0.1, 0.15) is 9.90 Å². The van der Waals surface area contributed by atoms with E-state index in [1.54, 1.807) is 19.1 Å². The van der Waals surface area contributed by atoms with E-state index < -0.39 is 10.0 Å². The Morgan fingerprint density at radius 1 is 1.35 bits per heavy atom. The number of sulfonamides is 1. The fraction of sp³-hybridized carbons (Fsp3) is 0.529. The normalized spacial score (nSPS) is 16.7. The molecule has 0 aliphatic carbocycles. The van der Waals surface area contributed by atoms with E-state index in [1.165, 1.54) is 15.6 Å². The molecule has 26 heavy (non-hydrogen) atoms. The van der Waals surface area contributed by atoms with Crippen LogP contribution in [0.5, 0.6) is 0 Å². The molecule has 0 spiro atoms. The summed E-state index contributed by atoms with van der Waals surface area (Å²) in [6.07, 6.45) is 0.988. The molecule has 1 fully saturated rings. The number of carbonyl (C=O) groups is 1. The van der Waals surface area contributed by atoms with Crippen LogP contribution < -0.4 is 0 Å². The number of esters is 1. The van der Waals surface area contributed by atoms with Crippen LogP contribution in [0, 0.1) is 19.8 Å². The lowest BCUT2D eigenvalue weighted by Crippen LogP contribution is -2.40. The van der Waals surface area contributed by atoms with Gasteiger partial charge in [-0.2, -0.15) is 9.40 Å². The number of hydrogen-bond acceptors (Lipinski definition) is 6. The zero-order valence-corrected chi connectivity index (χ0v) is 16.7. The third-order valence-corrected chi connectivity index (χ3v) is 8.19. The van der Waals surface area contributed by atoms with Crippen molar-refractivity contribution in [1.82, 2.24) is 14.5 Å². The number of carbonyl (C=O) groups excluding carboxylic acids is 1. The molecule has 7 nitrogen and oxygen atoms in total. The van der Waals surface area contributed by atoms with Gasteiger partial charge in [0.25, 0.3) is 10.0 Å². The van der Waals surface area contributed by atoms with Crippen molar-refractivity contribution in [2.24, 2.45) is 5.92 Å². The first-order chi connectivity index (χ1) is 12.3. The summed E-state index contributed by atoms with van der Waals surface area (Å²) in [5, 5.41) is 7.19. The summed E-state index contributed by atoms with van der Waals surface area (Å²) in [4.78, 5) is 12.6. The molecule has 142 valence electrons. The number of nitrogens with zero attached hydrogens (tertiary/aromatic N) is 2. The minimum absolute atomic E-state index is 0.213. The molecule has 2 aromatic heterocycles. The molecule has 0 atom stereocenters. The van der Waals surface area contributed by atoms with Crippen LogP contribution in [0.25, 0.3) is 10.6 Å². The molecule has 3 rings (SSSR count). The molecule has 0 radical (unpaired) electrons. The van der Waals surface area contributed by atoms with Gasteiger partial charge in [-0.3, -0.25) is 9.89 Å². The first kappa shape index (κ1) is 19.1. The lowest BCUT2D eigenvalue weighted by Gasteiger charge is -2.29. The van der Waals surface area contributed by atoms with E-state index in [1.807, 2.05) is 13.8 Å². The maximum Gasteiger partial charge on any atom is 0.309 e. The second-order valence-electron chi connectivity index (χ2n) is 6.37. The van der Waals surface area contributed by atoms with Gasteiger partial charge in [-0.05, 0) is 51.3 Å². The molecular weight excluding hydrogens is 374 g/mol. The minimum atomic E-state index is -3.55. The summed E-state index contributed by atoms with van der Waals surface area (Å²) in [5.41, 5.74) is 2.78. The van der Waals surface area contributed by atoms with Gasteiger partial charge in [-0.15, -0.1) is 11.3 Å². The first-order valence-corrected chi connectivity index (χ1v) is 10.9. The van der Waals surface area contributed by atoms with E-state index in [-0.39, 0.29) is 11.9 Å². The maximum atomic E-state index is 12.9. The number of aromatic amines is 1. The Morgan fingerprint density at radius 3 is 2.62 bits per heavy atom. The van der Waals surface area contributed by atoms with Gasteiger partial charge in [0.15, 0.2) is 0 Å². The van der Waals surface area contributed by atoms with Gasteiger partial charge in [0, 0.05) is 18.8 Å². The Labute approximate surface area is 157 Å². The molecule has 1 saturated heterocycles. The maximum absolute atomic E-state index is 12.9. The fourth-order valence-electron chi connectivity index (χ4n) is 3.03. The first-order valence-electron chi connectivity index (χ1n) is 8.63. The highest BCUT2D eigenvalue weighted by Crippen LogP contribution is 2.34. The number of hydrogen-bond donors (Lipinski definition) is 1. The Kier molecular flexibility index (Phi) is 5.50. The number of thiophene rings is 1. The van der Waals surface area contributed by atoms with Crippen LogP contribution in [-0.2, 0) is 19.6 Å². The van der Waals surface area contributed by atoms with E-state index in [0.717, 1.165) is 21.8 Å². The molecule has 0 aromatic carbocycles. The number of piperidine rings is 1. The third-order valence-electron chi connectivity index (χ3n) is 4.74. The number of aryl methyl sites for hydroxylation is 1. The van der Waals surface area contributed by atoms with E-state index >= 15 is 0 Å². The predicted molar refractivity (Wildman–Crippen MR) is 99.5 cm³/mol. The lowest BCUT2D eigenvalue weighted by atomic mass is 9.98. The summed E-state index contributed by atoms with van der Waals surface area (Å²) in [5.74, 6) is -0.442. The quantitative estimate of drug-likeness (QED) is 0.783. The molecule has 0 saturated carbocycles. The second kappa shape index (κ2) is 7.50. The molecule has 1 aliphatic heterocycles. The van der Waals surface area contributed by atoms with Crippen LogP contribution >= 0.6 is 11.3 Å². The molecule has 9 heteroatoms. The van der Waals surface area contributed by atoms with E-state index in [2.05, 4.69) is 10.2 Å². The Balaban J connectivity index is 1.74. The highest BCUT2D eigenvalue weighted by atomic mass is 32.2. The number of ether oxygens (including phenoxy) is 1. The zero-order chi connectivity index (χ0) is 18.9. The number of rotatable bonds is 5.